The van der Waals surface area contributed by atoms with Crippen molar-refractivity contribution in [3.8, 4) is 17.2 Å². The number of hydrogen-bond donors (Lipinski definition) is 0. The van der Waals surface area contributed by atoms with E-state index in [4.69, 9.17) is 16.6 Å². The Labute approximate surface area is 145 Å². The summed E-state index contributed by atoms with van der Waals surface area (Å²) in [4.78, 5) is 4.71. The Morgan fingerprint density at radius 1 is 1.08 bits per heavy atom. The van der Waals surface area contributed by atoms with Crippen LogP contribution in [0.25, 0.3) is 16.8 Å². The first-order valence-corrected chi connectivity index (χ1v) is 8.69. The molecule has 0 N–H and O–H groups in total. The molecule has 0 bridgehead atoms. The molecule has 0 amide bonds. The lowest BCUT2D eigenvalue weighted by atomic mass is 9.89. The van der Waals surface area contributed by atoms with Gasteiger partial charge in [-0.05, 0) is 36.6 Å². The molecule has 0 saturated heterocycles. The summed E-state index contributed by atoms with van der Waals surface area (Å²) >= 11 is 5.97. The van der Waals surface area contributed by atoms with Crippen LogP contribution in [0.4, 0.5) is 0 Å². The topological polar surface area (TPSA) is 54.0 Å². The maximum atomic E-state index is 9.69. The van der Waals surface area contributed by atoms with Gasteiger partial charge in [-0.15, -0.1) is 0 Å². The molecule has 0 radical (unpaired) electrons. The van der Waals surface area contributed by atoms with Gasteiger partial charge in [-0.3, -0.25) is 0 Å². The van der Waals surface area contributed by atoms with Crippen LogP contribution in [0, 0.1) is 11.3 Å². The van der Waals surface area contributed by atoms with E-state index in [1.807, 2.05) is 36.5 Å². The second kappa shape index (κ2) is 6.26. The van der Waals surface area contributed by atoms with Crippen molar-refractivity contribution in [2.75, 3.05) is 0 Å². The summed E-state index contributed by atoms with van der Waals surface area (Å²) < 4.78 is 1.74. The molecule has 120 valence electrons. The predicted octanol–water partition coefficient (Wildman–Crippen LogP) is 4.97. The monoisotopic (exact) mass is 336 g/mol. The van der Waals surface area contributed by atoms with Gasteiger partial charge in [-0.2, -0.15) is 10.4 Å². The Balaban J connectivity index is 1.82. The number of nitrogens with zero attached hydrogens (tertiary/aromatic N) is 4. The quantitative estimate of drug-likeness (QED) is 0.664. The van der Waals surface area contributed by atoms with Crippen LogP contribution in [0.15, 0.2) is 36.5 Å². The van der Waals surface area contributed by atoms with Crippen molar-refractivity contribution >= 4 is 17.2 Å². The summed E-state index contributed by atoms with van der Waals surface area (Å²) in [5, 5.41) is 15.0. The highest BCUT2D eigenvalue weighted by Crippen LogP contribution is 2.32. The smallest absolute Gasteiger partial charge is 0.173 e. The van der Waals surface area contributed by atoms with Crippen LogP contribution in [-0.2, 0) is 0 Å². The van der Waals surface area contributed by atoms with E-state index in [0.717, 1.165) is 29.8 Å². The van der Waals surface area contributed by atoms with Gasteiger partial charge in [0.15, 0.2) is 11.5 Å². The molecule has 2 heterocycles. The van der Waals surface area contributed by atoms with E-state index in [1.54, 1.807) is 4.52 Å². The molecule has 0 atom stereocenters. The van der Waals surface area contributed by atoms with Crippen molar-refractivity contribution in [1.29, 1.82) is 5.26 Å². The minimum atomic E-state index is 0.421. The zero-order valence-electron chi connectivity index (χ0n) is 13.2. The van der Waals surface area contributed by atoms with Gasteiger partial charge in [0.25, 0.3) is 0 Å². The molecular weight excluding hydrogens is 320 g/mol. The number of benzene rings is 1. The Morgan fingerprint density at radius 2 is 1.83 bits per heavy atom. The third kappa shape index (κ3) is 2.65. The van der Waals surface area contributed by atoms with Crippen LogP contribution < -0.4 is 0 Å². The first-order valence-electron chi connectivity index (χ1n) is 8.31. The van der Waals surface area contributed by atoms with Crippen LogP contribution in [0.3, 0.4) is 0 Å². The Hall–Kier alpha value is -2.38. The van der Waals surface area contributed by atoms with Gasteiger partial charge in [0.2, 0.25) is 0 Å². The average Bonchev–Trinajstić information content (AvgIpc) is 3.06. The second-order valence-corrected chi connectivity index (χ2v) is 6.73. The van der Waals surface area contributed by atoms with Crippen LogP contribution in [-0.4, -0.2) is 14.6 Å². The lowest BCUT2D eigenvalue weighted by Gasteiger charge is -2.17. The first kappa shape index (κ1) is 15.2. The third-order valence-electron chi connectivity index (χ3n) is 4.76. The maximum absolute atomic E-state index is 9.69. The second-order valence-electron chi connectivity index (χ2n) is 6.30. The normalized spacial score (nSPS) is 15.5. The minimum absolute atomic E-state index is 0.421. The molecule has 4 nitrogen and oxygen atoms in total. The van der Waals surface area contributed by atoms with Crippen LogP contribution in [0.5, 0.6) is 0 Å². The van der Waals surface area contributed by atoms with E-state index in [2.05, 4.69) is 11.2 Å². The third-order valence-corrected chi connectivity index (χ3v) is 5.01. The van der Waals surface area contributed by atoms with Gasteiger partial charge < -0.3 is 0 Å². The molecule has 0 spiro atoms. The van der Waals surface area contributed by atoms with E-state index in [0.29, 0.717) is 22.2 Å². The van der Waals surface area contributed by atoms with E-state index in [1.165, 1.54) is 19.3 Å². The lowest BCUT2D eigenvalue weighted by Crippen LogP contribution is -2.06. The predicted molar refractivity (Wildman–Crippen MR) is 94.0 cm³/mol. The molecule has 1 aliphatic carbocycles. The van der Waals surface area contributed by atoms with Crippen LogP contribution in [0.2, 0.25) is 5.02 Å². The minimum Gasteiger partial charge on any atom is -0.219 e. The molecule has 0 aliphatic heterocycles. The summed E-state index contributed by atoms with van der Waals surface area (Å²) in [7, 11) is 0. The fourth-order valence-electron chi connectivity index (χ4n) is 3.48. The number of hydrogen-bond acceptors (Lipinski definition) is 3. The van der Waals surface area contributed by atoms with E-state index < -0.39 is 0 Å². The van der Waals surface area contributed by atoms with Gasteiger partial charge in [0.1, 0.15) is 11.6 Å². The van der Waals surface area contributed by atoms with Crippen LogP contribution >= 0.6 is 11.6 Å². The van der Waals surface area contributed by atoms with E-state index in [-0.39, 0.29) is 0 Å². The molecule has 1 saturated carbocycles. The van der Waals surface area contributed by atoms with Crippen molar-refractivity contribution in [2.45, 2.75) is 38.0 Å². The fourth-order valence-corrected chi connectivity index (χ4v) is 3.60. The summed E-state index contributed by atoms with van der Waals surface area (Å²) in [6.07, 6.45) is 7.95. The van der Waals surface area contributed by atoms with Gasteiger partial charge in [-0.1, -0.05) is 43.0 Å². The highest BCUT2D eigenvalue weighted by molar-refractivity contribution is 6.30. The summed E-state index contributed by atoms with van der Waals surface area (Å²) in [5.41, 5.74) is 3.03. The number of fused-ring (bicyclic) bond motifs is 1. The SMILES string of the molecule is N#Cc1c(-c2ccc(Cl)cc2)ccn2nc(C3CCCCC3)nc12. The van der Waals surface area contributed by atoms with Gasteiger partial charge in [0, 0.05) is 22.7 Å². The van der Waals surface area contributed by atoms with Gasteiger partial charge in [0.05, 0.1) is 0 Å². The molecule has 1 fully saturated rings. The standard InChI is InChI=1S/C19H17ClN4/c20-15-8-6-13(7-9-15)16-10-11-24-19(17(16)12-21)22-18(23-24)14-4-2-1-3-5-14/h6-11,14H,1-5H2. The Bertz CT molecular complexity index is 915. The number of halogens is 1. The zero-order chi connectivity index (χ0) is 16.5. The summed E-state index contributed by atoms with van der Waals surface area (Å²) in [6.45, 7) is 0. The zero-order valence-corrected chi connectivity index (χ0v) is 14.0. The molecule has 4 rings (SSSR count). The Kier molecular flexibility index (Phi) is 3.95. The summed E-state index contributed by atoms with van der Waals surface area (Å²) in [6, 6.07) is 11.8. The van der Waals surface area contributed by atoms with Gasteiger partial charge >= 0.3 is 0 Å². The number of aromatic nitrogens is 3. The van der Waals surface area contributed by atoms with Crippen molar-refractivity contribution < 1.29 is 0 Å². The van der Waals surface area contributed by atoms with Crippen molar-refractivity contribution in [1.82, 2.24) is 14.6 Å². The number of rotatable bonds is 2. The van der Waals surface area contributed by atoms with E-state index >= 15 is 0 Å². The van der Waals surface area contributed by atoms with Crippen molar-refractivity contribution in [3.05, 3.63) is 52.9 Å². The summed E-state index contributed by atoms with van der Waals surface area (Å²) in [5.74, 6) is 1.30. The average molecular weight is 337 g/mol. The molecule has 2 aromatic heterocycles. The number of nitriles is 1. The van der Waals surface area contributed by atoms with Gasteiger partial charge in [-0.25, -0.2) is 9.50 Å². The van der Waals surface area contributed by atoms with Crippen molar-refractivity contribution in [2.24, 2.45) is 0 Å². The molecule has 1 aliphatic rings. The van der Waals surface area contributed by atoms with E-state index in [9.17, 15) is 5.26 Å². The molecule has 24 heavy (non-hydrogen) atoms. The Morgan fingerprint density at radius 3 is 2.54 bits per heavy atom. The fraction of sp³-hybridized carbons (Fsp3) is 0.316. The van der Waals surface area contributed by atoms with Crippen LogP contribution in [0.1, 0.15) is 49.4 Å². The van der Waals surface area contributed by atoms with Crippen molar-refractivity contribution in [3.63, 3.8) is 0 Å². The molecule has 3 aromatic rings. The molecule has 5 heteroatoms. The highest BCUT2D eigenvalue weighted by Gasteiger charge is 2.21. The highest BCUT2D eigenvalue weighted by atomic mass is 35.5. The maximum Gasteiger partial charge on any atom is 0.173 e. The number of pyridine rings is 1. The molecule has 0 unspecified atom stereocenters. The molecular formula is C19H17ClN4. The first-order chi connectivity index (χ1) is 11.8. The lowest BCUT2D eigenvalue weighted by molar-refractivity contribution is 0.429. The largest absolute Gasteiger partial charge is 0.219 e. The molecule has 1 aromatic carbocycles.